The first-order valence-electron chi connectivity index (χ1n) is 4.13. The maximum Gasteiger partial charge on any atom is 0.141 e. The Balaban J connectivity index is 2.86. The molecule has 0 radical (unpaired) electrons. The number of methoxy groups -OCH3 is 1. The van der Waals surface area contributed by atoms with E-state index in [1.54, 1.807) is 7.11 Å². The first kappa shape index (κ1) is 9.13. The molecule has 0 amide bonds. The van der Waals surface area contributed by atoms with E-state index in [9.17, 15) is 0 Å². The molecule has 1 aromatic rings. The number of rotatable bonds is 3. The minimum atomic E-state index is 0.0231. The van der Waals surface area contributed by atoms with Crippen molar-refractivity contribution >= 4 is 0 Å². The van der Waals surface area contributed by atoms with E-state index < -0.39 is 0 Å². The largest absolute Gasteiger partial charge is 0.495 e. The lowest BCUT2D eigenvalue weighted by Crippen LogP contribution is -2.17. The van der Waals surface area contributed by atoms with Crippen LogP contribution in [0.5, 0.6) is 5.75 Å². The summed E-state index contributed by atoms with van der Waals surface area (Å²) in [5.41, 5.74) is 6.93. The van der Waals surface area contributed by atoms with Crippen molar-refractivity contribution in [1.82, 2.24) is 4.98 Å². The average molecular weight is 168 g/mol. The van der Waals surface area contributed by atoms with E-state index in [1.807, 2.05) is 12.3 Å². The lowest BCUT2D eigenvalue weighted by Gasteiger charge is -2.15. The number of aromatic amines is 1. The maximum atomic E-state index is 5.95. The van der Waals surface area contributed by atoms with Gasteiger partial charge in [0.1, 0.15) is 5.75 Å². The molecular weight excluding hydrogens is 152 g/mol. The van der Waals surface area contributed by atoms with Gasteiger partial charge in [-0.05, 0) is 12.0 Å². The van der Waals surface area contributed by atoms with Crippen molar-refractivity contribution in [3.63, 3.8) is 0 Å². The van der Waals surface area contributed by atoms with Crippen molar-refractivity contribution in [1.29, 1.82) is 0 Å². The molecule has 12 heavy (non-hydrogen) atoms. The summed E-state index contributed by atoms with van der Waals surface area (Å²) in [7, 11) is 1.65. The number of nitrogens with one attached hydrogen (secondary N) is 1. The van der Waals surface area contributed by atoms with Crippen molar-refractivity contribution in [2.45, 2.75) is 19.9 Å². The minimum Gasteiger partial charge on any atom is -0.495 e. The van der Waals surface area contributed by atoms with Gasteiger partial charge in [-0.15, -0.1) is 0 Å². The zero-order valence-electron chi connectivity index (χ0n) is 7.79. The molecule has 1 rings (SSSR count). The van der Waals surface area contributed by atoms with Crippen LogP contribution in [0.15, 0.2) is 12.3 Å². The highest BCUT2D eigenvalue weighted by Gasteiger charge is 2.15. The van der Waals surface area contributed by atoms with Gasteiger partial charge in [0.05, 0.1) is 18.8 Å². The number of nitrogens with two attached hydrogens (primary N) is 1. The molecule has 0 bridgehead atoms. The number of aromatic nitrogens is 1. The maximum absolute atomic E-state index is 5.95. The highest BCUT2D eigenvalue weighted by molar-refractivity contribution is 5.30. The van der Waals surface area contributed by atoms with Crippen LogP contribution in [0.3, 0.4) is 0 Å². The van der Waals surface area contributed by atoms with Gasteiger partial charge in [0.25, 0.3) is 0 Å². The highest BCUT2D eigenvalue weighted by atomic mass is 16.5. The highest BCUT2D eigenvalue weighted by Crippen LogP contribution is 2.26. The number of hydrogen-bond acceptors (Lipinski definition) is 2. The zero-order chi connectivity index (χ0) is 9.14. The van der Waals surface area contributed by atoms with E-state index in [4.69, 9.17) is 10.5 Å². The summed E-state index contributed by atoms with van der Waals surface area (Å²) in [5, 5.41) is 0. The average Bonchev–Trinajstić information content (AvgIpc) is 2.49. The molecule has 0 aliphatic rings. The molecule has 0 aliphatic carbocycles. The van der Waals surface area contributed by atoms with Crippen LogP contribution in [-0.2, 0) is 0 Å². The summed E-state index contributed by atoms with van der Waals surface area (Å²) in [6, 6.07) is 1.91. The van der Waals surface area contributed by atoms with Crippen molar-refractivity contribution in [3.8, 4) is 5.75 Å². The third-order valence-corrected chi connectivity index (χ3v) is 2.01. The van der Waals surface area contributed by atoms with Gasteiger partial charge in [-0.1, -0.05) is 13.8 Å². The summed E-state index contributed by atoms with van der Waals surface area (Å²) in [4.78, 5) is 3.09. The van der Waals surface area contributed by atoms with Gasteiger partial charge < -0.3 is 15.5 Å². The second-order valence-corrected chi connectivity index (χ2v) is 3.23. The van der Waals surface area contributed by atoms with Crippen LogP contribution >= 0.6 is 0 Å². The van der Waals surface area contributed by atoms with Crippen molar-refractivity contribution in [3.05, 3.63) is 18.0 Å². The first-order chi connectivity index (χ1) is 5.66. The fourth-order valence-electron chi connectivity index (χ4n) is 1.14. The molecule has 1 heterocycles. The molecule has 0 spiro atoms. The Hall–Kier alpha value is -0.960. The lowest BCUT2D eigenvalue weighted by atomic mass is 10.0. The SMILES string of the molecule is COc1cc[nH]c1C(N)C(C)C. The van der Waals surface area contributed by atoms with Crippen LogP contribution in [0.4, 0.5) is 0 Å². The van der Waals surface area contributed by atoms with Crippen LogP contribution in [0.1, 0.15) is 25.6 Å². The third kappa shape index (κ3) is 1.61. The number of hydrogen-bond donors (Lipinski definition) is 2. The molecular formula is C9H16N2O. The number of H-pyrrole nitrogens is 1. The Morgan fingerprint density at radius 3 is 2.67 bits per heavy atom. The predicted octanol–water partition coefficient (Wildman–Crippen LogP) is 1.68. The smallest absolute Gasteiger partial charge is 0.141 e. The van der Waals surface area contributed by atoms with Crippen molar-refractivity contribution in [2.24, 2.45) is 11.7 Å². The van der Waals surface area contributed by atoms with E-state index in [2.05, 4.69) is 18.8 Å². The van der Waals surface area contributed by atoms with Gasteiger partial charge in [0.2, 0.25) is 0 Å². The normalized spacial score (nSPS) is 13.4. The molecule has 3 nitrogen and oxygen atoms in total. The molecule has 1 aromatic heterocycles. The van der Waals surface area contributed by atoms with Gasteiger partial charge in [-0.3, -0.25) is 0 Å². The van der Waals surface area contributed by atoms with Gasteiger partial charge in [-0.2, -0.15) is 0 Å². The van der Waals surface area contributed by atoms with E-state index in [-0.39, 0.29) is 6.04 Å². The fraction of sp³-hybridized carbons (Fsp3) is 0.556. The van der Waals surface area contributed by atoms with Crippen molar-refractivity contribution < 1.29 is 4.74 Å². The second kappa shape index (κ2) is 3.63. The minimum absolute atomic E-state index is 0.0231. The predicted molar refractivity (Wildman–Crippen MR) is 49.1 cm³/mol. The standard InChI is InChI=1S/C9H16N2O/c1-6(2)8(10)9-7(12-3)4-5-11-9/h4-6,8,11H,10H2,1-3H3. The molecule has 1 unspecified atom stereocenters. The van der Waals surface area contributed by atoms with Gasteiger partial charge in [0, 0.05) is 6.20 Å². The Morgan fingerprint density at radius 2 is 2.17 bits per heavy atom. The Bertz CT molecular complexity index is 242. The van der Waals surface area contributed by atoms with E-state index in [0.717, 1.165) is 11.4 Å². The van der Waals surface area contributed by atoms with Gasteiger partial charge in [-0.25, -0.2) is 0 Å². The molecule has 0 aromatic carbocycles. The molecule has 1 atom stereocenters. The van der Waals surface area contributed by atoms with Crippen LogP contribution in [0.2, 0.25) is 0 Å². The zero-order valence-corrected chi connectivity index (χ0v) is 7.79. The van der Waals surface area contributed by atoms with E-state index >= 15 is 0 Å². The summed E-state index contributed by atoms with van der Waals surface area (Å²) >= 11 is 0. The van der Waals surface area contributed by atoms with E-state index in [0.29, 0.717) is 5.92 Å². The molecule has 0 saturated carbocycles. The number of ether oxygens (including phenoxy) is 1. The van der Waals surface area contributed by atoms with Crippen LogP contribution in [0, 0.1) is 5.92 Å². The van der Waals surface area contributed by atoms with Crippen molar-refractivity contribution in [2.75, 3.05) is 7.11 Å². The molecule has 0 fully saturated rings. The molecule has 0 saturated heterocycles. The quantitative estimate of drug-likeness (QED) is 0.721. The Morgan fingerprint density at radius 1 is 1.50 bits per heavy atom. The summed E-state index contributed by atoms with van der Waals surface area (Å²) in [6.07, 6.45) is 1.84. The molecule has 3 heteroatoms. The Kier molecular flexibility index (Phi) is 2.76. The Labute approximate surface area is 72.9 Å². The van der Waals surface area contributed by atoms with Crippen LogP contribution in [0.25, 0.3) is 0 Å². The van der Waals surface area contributed by atoms with Crippen LogP contribution in [-0.4, -0.2) is 12.1 Å². The molecule has 3 N–H and O–H groups in total. The second-order valence-electron chi connectivity index (χ2n) is 3.23. The molecule has 0 aliphatic heterocycles. The fourth-order valence-corrected chi connectivity index (χ4v) is 1.14. The van der Waals surface area contributed by atoms with E-state index in [1.165, 1.54) is 0 Å². The van der Waals surface area contributed by atoms with Crippen LogP contribution < -0.4 is 10.5 Å². The monoisotopic (exact) mass is 168 g/mol. The third-order valence-electron chi connectivity index (χ3n) is 2.01. The topological polar surface area (TPSA) is 51.0 Å². The lowest BCUT2D eigenvalue weighted by molar-refractivity contribution is 0.395. The first-order valence-corrected chi connectivity index (χ1v) is 4.13. The van der Waals surface area contributed by atoms with Gasteiger partial charge in [0.15, 0.2) is 0 Å². The summed E-state index contributed by atoms with van der Waals surface area (Å²) < 4.78 is 5.15. The molecule has 68 valence electrons. The van der Waals surface area contributed by atoms with Gasteiger partial charge >= 0.3 is 0 Å². The summed E-state index contributed by atoms with van der Waals surface area (Å²) in [5.74, 6) is 1.26. The summed E-state index contributed by atoms with van der Waals surface area (Å²) in [6.45, 7) is 4.18.